The first-order valence-electron chi connectivity index (χ1n) is 10.9. The maximum atomic E-state index is 11.4. The van der Waals surface area contributed by atoms with Gasteiger partial charge in [-0.2, -0.15) is 0 Å². The van der Waals surface area contributed by atoms with Crippen LogP contribution in [0, 0.1) is 17.3 Å². The van der Waals surface area contributed by atoms with E-state index in [2.05, 4.69) is 18.1 Å². The molecule has 3 aliphatic rings. The van der Waals surface area contributed by atoms with E-state index in [-0.39, 0.29) is 11.4 Å². The first-order chi connectivity index (χ1) is 14.1. The molecule has 0 aliphatic heterocycles. The van der Waals surface area contributed by atoms with E-state index in [0.29, 0.717) is 23.5 Å². The topological polar surface area (TPSA) is 85.2 Å². The Bertz CT molecular complexity index is 905. The van der Waals surface area contributed by atoms with E-state index in [1.165, 1.54) is 31.9 Å². The van der Waals surface area contributed by atoms with Crippen LogP contribution in [0.3, 0.4) is 0 Å². The predicted molar refractivity (Wildman–Crippen MR) is 113 cm³/mol. The Balaban J connectivity index is 1.55. The quantitative estimate of drug-likeness (QED) is 0.439. The molecule has 2 saturated carbocycles. The molecule has 1 N–H and O–H groups in total. The van der Waals surface area contributed by atoms with Crippen LogP contribution in [0.2, 0.25) is 0 Å². The molecule has 3 aliphatic carbocycles. The van der Waals surface area contributed by atoms with Gasteiger partial charge in [-0.1, -0.05) is 18.1 Å². The fourth-order valence-electron chi connectivity index (χ4n) is 5.94. The van der Waals surface area contributed by atoms with Crippen LogP contribution in [-0.4, -0.2) is 28.4 Å². The number of nitrogens with zero attached hydrogens (tertiary/aromatic N) is 1. The third-order valence-corrected chi connectivity index (χ3v) is 7.60. The third-order valence-electron chi connectivity index (χ3n) is 7.60. The monoisotopic (exact) mass is 413 g/mol. The fraction of sp³-hybridized carbons (Fsp3) is 0.625. The Kier molecular flexibility index (Phi) is 5.15. The van der Waals surface area contributed by atoms with Crippen molar-refractivity contribution in [2.24, 2.45) is 22.4 Å². The Morgan fingerprint density at radius 2 is 1.97 bits per heavy atom. The number of carboxylic acids is 1. The molecule has 4 atom stereocenters. The molecule has 0 radical (unpaired) electrons. The molecule has 4 rings (SSSR count). The van der Waals surface area contributed by atoms with Crippen LogP contribution in [0.15, 0.2) is 23.4 Å². The van der Waals surface area contributed by atoms with Crippen molar-refractivity contribution < 1.29 is 24.3 Å². The molecule has 0 bridgehead atoms. The van der Waals surface area contributed by atoms with Crippen molar-refractivity contribution in [1.29, 1.82) is 0 Å². The van der Waals surface area contributed by atoms with Crippen LogP contribution in [-0.2, 0) is 20.8 Å². The number of carboxylic acid groups (broad SMARTS) is 1. The number of benzene rings is 1. The molecule has 1 aromatic carbocycles. The summed E-state index contributed by atoms with van der Waals surface area (Å²) in [6, 6.07) is 6.10. The molecule has 1 aromatic rings. The molecule has 0 unspecified atom stereocenters. The lowest BCUT2D eigenvalue weighted by Gasteiger charge is -2.49. The van der Waals surface area contributed by atoms with Gasteiger partial charge in [0.2, 0.25) is 5.60 Å². The number of rotatable bonds is 4. The number of ether oxygens (including phenoxy) is 1. The van der Waals surface area contributed by atoms with Crippen LogP contribution < -0.4 is 4.74 Å². The van der Waals surface area contributed by atoms with Crippen molar-refractivity contribution in [3.05, 3.63) is 29.3 Å². The number of hydrogen-bond acceptors (Lipinski definition) is 5. The lowest BCUT2D eigenvalue weighted by Crippen LogP contribution is -2.43. The standard InChI is InChI=1S/C24H31NO5/c1-14(26)29-16-6-8-17-15(13-16)5-7-19-18(17)11-12-24(4)20(19)9-10-21(24)25-30-23(2,3)22(27)28/h6,8,13,18-20H,5,7,9-12H2,1-4H3,(H,27,28)/b25-21+/t18-,19-,20+,24+/m1/s1. The van der Waals surface area contributed by atoms with E-state index in [4.69, 9.17) is 9.57 Å². The van der Waals surface area contributed by atoms with Crippen molar-refractivity contribution in [1.82, 2.24) is 0 Å². The average Bonchev–Trinajstić information content (AvgIpc) is 3.02. The minimum absolute atomic E-state index is 0.0229. The highest BCUT2D eigenvalue weighted by molar-refractivity contribution is 5.92. The molecule has 0 amide bonds. The van der Waals surface area contributed by atoms with Crippen LogP contribution >= 0.6 is 0 Å². The van der Waals surface area contributed by atoms with Crippen LogP contribution in [0.1, 0.15) is 76.8 Å². The van der Waals surface area contributed by atoms with Crippen molar-refractivity contribution >= 4 is 17.7 Å². The lowest BCUT2D eigenvalue weighted by atomic mass is 9.55. The first-order valence-corrected chi connectivity index (χ1v) is 10.9. The van der Waals surface area contributed by atoms with E-state index >= 15 is 0 Å². The Hall–Kier alpha value is -2.37. The largest absolute Gasteiger partial charge is 0.478 e. The van der Waals surface area contributed by atoms with Gasteiger partial charge in [-0.25, -0.2) is 4.79 Å². The van der Waals surface area contributed by atoms with Gasteiger partial charge in [0, 0.05) is 12.3 Å². The Morgan fingerprint density at radius 1 is 1.20 bits per heavy atom. The summed E-state index contributed by atoms with van der Waals surface area (Å²) in [5, 5.41) is 13.7. The minimum Gasteiger partial charge on any atom is -0.478 e. The van der Waals surface area contributed by atoms with E-state index in [1.54, 1.807) is 0 Å². The predicted octanol–water partition coefficient (Wildman–Crippen LogP) is 4.70. The van der Waals surface area contributed by atoms with E-state index in [1.807, 2.05) is 12.1 Å². The molecule has 6 nitrogen and oxygen atoms in total. The highest BCUT2D eigenvalue weighted by Gasteiger charge is 2.54. The molecule has 0 heterocycles. The van der Waals surface area contributed by atoms with E-state index in [9.17, 15) is 14.7 Å². The molecule has 162 valence electrons. The van der Waals surface area contributed by atoms with Crippen molar-refractivity contribution in [2.45, 2.75) is 77.7 Å². The summed E-state index contributed by atoms with van der Waals surface area (Å²) in [7, 11) is 0. The molecule has 2 fully saturated rings. The normalized spacial score (nSPS) is 31.5. The SMILES string of the molecule is CC(=O)Oc1ccc2c(c1)CC[C@@H]1[C@@H]2CC[C@]2(C)/C(=N/OC(C)(C)C(=O)O)CC[C@@H]12. The maximum absolute atomic E-state index is 11.4. The molecule has 0 aromatic heterocycles. The molecule has 30 heavy (non-hydrogen) atoms. The van der Waals surface area contributed by atoms with Gasteiger partial charge in [-0.05, 0) is 93.4 Å². The van der Waals surface area contributed by atoms with Gasteiger partial charge < -0.3 is 14.7 Å². The van der Waals surface area contributed by atoms with Gasteiger partial charge in [0.1, 0.15) is 5.75 Å². The highest BCUT2D eigenvalue weighted by atomic mass is 16.7. The number of aryl methyl sites for hydroxylation is 1. The maximum Gasteiger partial charge on any atom is 0.350 e. The zero-order valence-electron chi connectivity index (χ0n) is 18.2. The second-order valence-corrected chi connectivity index (χ2v) is 9.81. The summed E-state index contributed by atoms with van der Waals surface area (Å²) < 4.78 is 5.28. The number of carbonyl (C=O) groups is 2. The smallest absolute Gasteiger partial charge is 0.350 e. The van der Waals surface area contributed by atoms with E-state index in [0.717, 1.165) is 44.2 Å². The number of carbonyl (C=O) groups excluding carboxylic acids is 1. The Morgan fingerprint density at radius 3 is 2.67 bits per heavy atom. The van der Waals surface area contributed by atoms with Crippen molar-refractivity contribution in [3.8, 4) is 5.75 Å². The lowest BCUT2D eigenvalue weighted by molar-refractivity contribution is -0.161. The summed E-state index contributed by atoms with van der Waals surface area (Å²) in [5.74, 6) is 0.988. The summed E-state index contributed by atoms with van der Waals surface area (Å²) in [6.07, 6.45) is 6.18. The number of hydrogen-bond donors (Lipinski definition) is 1. The van der Waals surface area contributed by atoms with Gasteiger partial charge in [0.05, 0.1) is 5.71 Å². The number of oxime groups is 1. The van der Waals surface area contributed by atoms with Gasteiger partial charge >= 0.3 is 11.9 Å². The zero-order chi connectivity index (χ0) is 21.7. The minimum atomic E-state index is -1.32. The molecule has 0 spiro atoms. The van der Waals surface area contributed by atoms with Gasteiger partial charge in [0.15, 0.2) is 0 Å². The van der Waals surface area contributed by atoms with E-state index < -0.39 is 11.6 Å². The summed E-state index contributed by atoms with van der Waals surface area (Å²) in [5.41, 5.74) is 2.39. The number of esters is 1. The number of aliphatic carboxylic acids is 1. The van der Waals surface area contributed by atoms with Crippen LogP contribution in [0.5, 0.6) is 5.75 Å². The Labute approximate surface area is 177 Å². The van der Waals surface area contributed by atoms with Crippen molar-refractivity contribution in [2.75, 3.05) is 0 Å². The molecule has 6 heteroatoms. The summed E-state index contributed by atoms with van der Waals surface area (Å²) >= 11 is 0. The average molecular weight is 414 g/mol. The van der Waals surface area contributed by atoms with Crippen molar-refractivity contribution in [3.63, 3.8) is 0 Å². The van der Waals surface area contributed by atoms with Gasteiger partial charge in [-0.3, -0.25) is 4.79 Å². The molecular formula is C24H31NO5. The summed E-state index contributed by atoms with van der Waals surface area (Å²) in [6.45, 7) is 6.79. The van der Waals surface area contributed by atoms with Gasteiger partial charge in [-0.15, -0.1) is 0 Å². The zero-order valence-corrected chi connectivity index (χ0v) is 18.2. The summed E-state index contributed by atoms with van der Waals surface area (Å²) in [4.78, 5) is 28.1. The third kappa shape index (κ3) is 3.50. The second kappa shape index (κ2) is 7.40. The fourth-order valence-corrected chi connectivity index (χ4v) is 5.94. The molecular weight excluding hydrogens is 382 g/mol. The number of fused-ring (bicyclic) bond motifs is 5. The second-order valence-electron chi connectivity index (χ2n) is 9.81. The molecule has 0 saturated heterocycles. The highest BCUT2D eigenvalue weighted by Crippen LogP contribution is 2.60. The van der Waals surface area contributed by atoms with Crippen LogP contribution in [0.4, 0.5) is 0 Å². The van der Waals surface area contributed by atoms with Gasteiger partial charge in [0.25, 0.3) is 0 Å². The first kappa shape index (κ1) is 20.9. The van der Waals surface area contributed by atoms with Crippen LogP contribution in [0.25, 0.3) is 0 Å².